The first-order chi connectivity index (χ1) is 10.4. The van der Waals surface area contributed by atoms with Gasteiger partial charge in [-0.25, -0.2) is 13.4 Å². The van der Waals surface area contributed by atoms with Crippen LogP contribution in [0.1, 0.15) is 18.4 Å². The summed E-state index contributed by atoms with van der Waals surface area (Å²) in [5, 5.41) is 10.0. The standard InChI is InChI=1S/C13H16FN3O4S/c14-10-5-9(7-16-3-1-2-4-16)6-11(18)13(10)17-8-12(19)15-22(17,20)21/h5-6,18H,1-4,7-8H2,(H,15,19). The van der Waals surface area contributed by atoms with Gasteiger partial charge in [0.15, 0.2) is 5.82 Å². The van der Waals surface area contributed by atoms with E-state index in [1.807, 2.05) is 0 Å². The number of aromatic hydroxyl groups is 1. The Kier molecular flexibility index (Phi) is 3.69. The van der Waals surface area contributed by atoms with E-state index in [9.17, 15) is 22.7 Å². The van der Waals surface area contributed by atoms with Crippen molar-refractivity contribution in [3.05, 3.63) is 23.5 Å². The van der Waals surface area contributed by atoms with Crippen molar-refractivity contribution < 1.29 is 22.7 Å². The smallest absolute Gasteiger partial charge is 0.326 e. The van der Waals surface area contributed by atoms with Crippen molar-refractivity contribution in [1.82, 2.24) is 9.62 Å². The van der Waals surface area contributed by atoms with Gasteiger partial charge in [-0.05, 0) is 43.6 Å². The number of amides is 1. The van der Waals surface area contributed by atoms with E-state index < -0.39 is 39.9 Å². The minimum Gasteiger partial charge on any atom is -0.506 e. The Morgan fingerprint density at radius 2 is 1.95 bits per heavy atom. The van der Waals surface area contributed by atoms with Gasteiger partial charge in [0.2, 0.25) is 0 Å². The van der Waals surface area contributed by atoms with Crippen molar-refractivity contribution in [3.8, 4) is 5.75 Å². The molecule has 120 valence electrons. The van der Waals surface area contributed by atoms with Gasteiger partial charge in [-0.15, -0.1) is 0 Å². The van der Waals surface area contributed by atoms with E-state index in [2.05, 4.69) is 4.90 Å². The van der Waals surface area contributed by atoms with Gasteiger partial charge in [-0.3, -0.25) is 9.69 Å². The quantitative estimate of drug-likeness (QED) is 0.833. The van der Waals surface area contributed by atoms with Crippen LogP contribution in [-0.4, -0.2) is 44.0 Å². The largest absolute Gasteiger partial charge is 0.506 e. The third-order valence-electron chi connectivity index (χ3n) is 3.78. The molecule has 2 fully saturated rings. The molecule has 7 nitrogen and oxygen atoms in total. The Morgan fingerprint density at radius 3 is 2.50 bits per heavy atom. The van der Waals surface area contributed by atoms with Crippen molar-refractivity contribution in [1.29, 1.82) is 0 Å². The number of phenolic OH excluding ortho intramolecular Hbond substituents is 1. The number of likely N-dealkylation sites (tertiary alicyclic amines) is 1. The monoisotopic (exact) mass is 329 g/mol. The van der Waals surface area contributed by atoms with Crippen LogP contribution >= 0.6 is 0 Å². The molecule has 2 aliphatic rings. The van der Waals surface area contributed by atoms with Gasteiger partial charge in [-0.2, -0.15) is 8.42 Å². The van der Waals surface area contributed by atoms with Crippen LogP contribution in [-0.2, 0) is 21.5 Å². The molecule has 1 aromatic rings. The second-order valence-corrected chi connectivity index (χ2v) is 7.06. The van der Waals surface area contributed by atoms with Gasteiger partial charge in [0, 0.05) is 6.54 Å². The number of carbonyl (C=O) groups excluding carboxylic acids is 1. The molecule has 22 heavy (non-hydrogen) atoms. The maximum Gasteiger partial charge on any atom is 0.326 e. The highest BCUT2D eigenvalue weighted by Crippen LogP contribution is 2.35. The molecule has 0 atom stereocenters. The van der Waals surface area contributed by atoms with E-state index in [-0.39, 0.29) is 0 Å². The number of carbonyl (C=O) groups is 1. The van der Waals surface area contributed by atoms with Crippen LogP contribution in [0.5, 0.6) is 5.75 Å². The number of halogens is 1. The summed E-state index contributed by atoms with van der Waals surface area (Å²) in [6, 6.07) is 2.54. The number of hydrogen-bond donors (Lipinski definition) is 2. The van der Waals surface area contributed by atoms with Crippen molar-refractivity contribution in [2.75, 3.05) is 23.9 Å². The lowest BCUT2D eigenvalue weighted by atomic mass is 10.1. The Morgan fingerprint density at radius 1 is 1.27 bits per heavy atom. The maximum absolute atomic E-state index is 14.3. The lowest BCUT2D eigenvalue weighted by Gasteiger charge is -2.19. The molecule has 0 aliphatic carbocycles. The summed E-state index contributed by atoms with van der Waals surface area (Å²) in [4.78, 5) is 13.3. The van der Waals surface area contributed by atoms with Gasteiger partial charge in [-0.1, -0.05) is 0 Å². The minimum atomic E-state index is -4.15. The summed E-state index contributed by atoms with van der Waals surface area (Å²) < 4.78 is 40.1. The first kappa shape index (κ1) is 15.0. The van der Waals surface area contributed by atoms with Crippen molar-refractivity contribution in [2.24, 2.45) is 0 Å². The Labute approximate surface area is 127 Å². The number of hydrogen-bond acceptors (Lipinski definition) is 5. The zero-order chi connectivity index (χ0) is 15.9. The SMILES string of the molecule is O=C1CN(c2c(O)cc(CN3CCCC3)cc2F)S(=O)(=O)N1. The molecule has 1 amide bonds. The van der Waals surface area contributed by atoms with Crippen molar-refractivity contribution >= 4 is 21.8 Å². The number of benzene rings is 1. The Balaban J connectivity index is 1.91. The zero-order valence-electron chi connectivity index (χ0n) is 11.7. The average molecular weight is 329 g/mol. The minimum absolute atomic E-state index is 0.491. The molecule has 0 spiro atoms. The summed E-state index contributed by atoms with van der Waals surface area (Å²) in [5.41, 5.74) is 0.0695. The van der Waals surface area contributed by atoms with Crippen molar-refractivity contribution in [2.45, 2.75) is 19.4 Å². The fourth-order valence-electron chi connectivity index (χ4n) is 2.82. The van der Waals surface area contributed by atoms with Crippen molar-refractivity contribution in [3.63, 3.8) is 0 Å². The topological polar surface area (TPSA) is 90.0 Å². The summed E-state index contributed by atoms with van der Waals surface area (Å²) in [6.07, 6.45) is 2.18. The maximum atomic E-state index is 14.3. The first-order valence-corrected chi connectivity index (χ1v) is 8.38. The van der Waals surface area contributed by atoms with Gasteiger partial charge >= 0.3 is 10.2 Å². The molecule has 2 saturated heterocycles. The number of nitrogens with zero attached hydrogens (tertiary/aromatic N) is 2. The molecular weight excluding hydrogens is 313 g/mol. The first-order valence-electron chi connectivity index (χ1n) is 6.94. The van der Waals surface area contributed by atoms with Crippen LogP contribution in [0, 0.1) is 5.82 Å². The summed E-state index contributed by atoms with van der Waals surface area (Å²) in [5.74, 6) is -2.12. The second-order valence-electron chi connectivity index (χ2n) is 5.47. The molecule has 1 aromatic carbocycles. The van der Waals surface area contributed by atoms with Crippen LogP contribution in [0.3, 0.4) is 0 Å². The fourth-order valence-corrected chi connectivity index (χ4v) is 3.99. The predicted octanol–water partition coefficient (Wildman–Crippen LogP) is 0.308. The van der Waals surface area contributed by atoms with Crippen LogP contribution in [0.2, 0.25) is 0 Å². The lowest BCUT2D eigenvalue weighted by molar-refractivity contribution is -0.117. The third kappa shape index (κ3) is 2.73. The number of anilines is 1. The highest BCUT2D eigenvalue weighted by Gasteiger charge is 2.37. The Hall–Kier alpha value is -1.87. The van der Waals surface area contributed by atoms with Gasteiger partial charge < -0.3 is 5.11 Å². The fraction of sp³-hybridized carbons (Fsp3) is 0.462. The third-order valence-corrected chi connectivity index (χ3v) is 5.16. The molecule has 0 bridgehead atoms. The molecule has 2 N–H and O–H groups in total. The lowest BCUT2D eigenvalue weighted by Crippen LogP contribution is -2.30. The molecule has 0 unspecified atom stereocenters. The molecular formula is C13H16FN3O4S. The molecule has 9 heteroatoms. The van der Waals surface area contributed by atoms with Gasteiger partial charge in [0.25, 0.3) is 5.91 Å². The van der Waals surface area contributed by atoms with E-state index >= 15 is 0 Å². The summed E-state index contributed by atoms with van der Waals surface area (Å²) in [6.45, 7) is 1.79. The van der Waals surface area contributed by atoms with Gasteiger partial charge in [0.1, 0.15) is 18.0 Å². The van der Waals surface area contributed by atoms with Gasteiger partial charge in [0.05, 0.1) is 0 Å². The average Bonchev–Trinajstić information content (AvgIpc) is 2.97. The number of phenols is 1. The molecule has 2 aliphatic heterocycles. The Bertz CT molecular complexity index is 693. The number of rotatable bonds is 3. The summed E-state index contributed by atoms with van der Waals surface area (Å²) in [7, 11) is -4.15. The normalized spacial score (nSPS) is 21.3. The van der Waals surface area contributed by atoms with Crippen LogP contribution in [0.15, 0.2) is 12.1 Å². The van der Waals surface area contributed by atoms with Crippen LogP contribution < -0.4 is 9.03 Å². The molecule has 0 radical (unpaired) electrons. The van der Waals surface area contributed by atoms with E-state index in [4.69, 9.17) is 0 Å². The van der Waals surface area contributed by atoms with Crippen LogP contribution in [0.4, 0.5) is 10.1 Å². The zero-order valence-corrected chi connectivity index (χ0v) is 12.6. The van der Waals surface area contributed by atoms with E-state index in [0.29, 0.717) is 16.4 Å². The van der Waals surface area contributed by atoms with E-state index in [1.54, 1.807) is 4.72 Å². The highest BCUT2D eigenvalue weighted by molar-refractivity contribution is 7.92. The van der Waals surface area contributed by atoms with Crippen LogP contribution in [0.25, 0.3) is 0 Å². The molecule has 2 heterocycles. The molecule has 3 rings (SSSR count). The summed E-state index contributed by atoms with van der Waals surface area (Å²) >= 11 is 0. The molecule has 0 aromatic heterocycles. The predicted molar refractivity (Wildman–Crippen MR) is 77.0 cm³/mol. The molecule has 0 saturated carbocycles. The highest BCUT2D eigenvalue weighted by atomic mass is 32.2. The second kappa shape index (κ2) is 5.40. The number of nitrogens with one attached hydrogen (secondary N) is 1. The van der Waals surface area contributed by atoms with E-state index in [0.717, 1.165) is 25.9 Å². The van der Waals surface area contributed by atoms with E-state index in [1.165, 1.54) is 12.1 Å².